The molecule has 5 rings (SSSR count). The Bertz CT molecular complexity index is 968. The van der Waals surface area contributed by atoms with Gasteiger partial charge in [-0.2, -0.15) is 0 Å². The normalized spacial score (nSPS) is 28.1. The minimum atomic E-state index is -1.11. The maximum atomic E-state index is 13.6. The molecule has 4 nitrogen and oxygen atoms in total. The minimum Gasteiger partial charge on any atom is -0.458 e. The molecule has 2 unspecified atom stereocenters. The lowest BCUT2D eigenvalue weighted by Gasteiger charge is -2.48. The standard InChI is InChI=1S/C27H29NO3/c29-26(30-23-15-10-18-28(20-23)19-21-11-4-1-5-12-21)27(22-13-6-2-7-14-22)24-16-8-3-9-17-25(24)31-27/h1-2,4-7,9,11-14,16-17,23,25H,3,8,10,15,18-20H2/t23-,25?,27?/m1/s1. The number of benzene rings is 2. The Kier molecular flexibility index (Phi) is 5.75. The third-order valence-electron chi connectivity index (χ3n) is 6.48. The number of ether oxygens (including phenoxy) is 2. The van der Waals surface area contributed by atoms with E-state index < -0.39 is 5.60 Å². The second kappa shape index (κ2) is 8.81. The number of hydrogen-bond acceptors (Lipinski definition) is 4. The summed E-state index contributed by atoms with van der Waals surface area (Å²) in [6.07, 6.45) is 9.94. The van der Waals surface area contributed by atoms with Gasteiger partial charge >= 0.3 is 5.97 Å². The highest BCUT2D eigenvalue weighted by Gasteiger charge is 2.58. The summed E-state index contributed by atoms with van der Waals surface area (Å²) >= 11 is 0. The van der Waals surface area contributed by atoms with E-state index in [1.165, 1.54) is 5.56 Å². The number of fused-ring (bicyclic) bond motifs is 1. The van der Waals surface area contributed by atoms with Crippen molar-refractivity contribution in [3.8, 4) is 0 Å². The first-order valence-corrected chi connectivity index (χ1v) is 11.3. The van der Waals surface area contributed by atoms with Crippen LogP contribution < -0.4 is 0 Å². The summed E-state index contributed by atoms with van der Waals surface area (Å²) in [7, 11) is 0. The molecular weight excluding hydrogens is 386 g/mol. The molecule has 0 amide bonds. The summed E-state index contributed by atoms with van der Waals surface area (Å²) in [6.45, 7) is 2.67. The molecule has 2 fully saturated rings. The van der Waals surface area contributed by atoms with E-state index in [2.05, 4.69) is 47.4 Å². The van der Waals surface area contributed by atoms with Gasteiger partial charge < -0.3 is 9.47 Å². The van der Waals surface area contributed by atoms with Crippen molar-refractivity contribution in [3.05, 3.63) is 95.6 Å². The summed E-state index contributed by atoms with van der Waals surface area (Å²) in [5.74, 6) is -0.275. The summed E-state index contributed by atoms with van der Waals surface area (Å²) in [6, 6.07) is 20.3. The number of nitrogens with zero attached hydrogens (tertiary/aromatic N) is 1. The Labute approximate surface area is 184 Å². The summed E-state index contributed by atoms with van der Waals surface area (Å²) in [5.41, 5.74) is 2.06. The van der Waals surface area contributed by atoms with Crippen LogP contribution in [0.25, 0.3) is 0 Å². The van der Waals surface area contributed by atoms with E-state index in [-0.39, 0.29) is 18.2 Å². The summed E-state index contributed by atoms with van der Waals surface area (Å²) in [4.78, 5) is 16.0. The Morgan fingerprint density at radius 2 is 1.84 bits per heavy atom. The summed E-state index contributed by atoms with van der Waals surface area (Å²) < 4.78 is 12.4. The molecule has 2 aliphatic heterocycles. The van der Waals surface area contributed by atoms with Crippen molar-refractivity contribution >= 4 is 5.97 Å². The first-order chi connectivity index (χ1) is 15.3. The molecule has 0 N–H and O–H groups in total. The van der Waals surface area contributed by atoms with E-state index in [9.17, 15) is 4.79 Å². The first-order valence-electron chi connectivity index (χ1n) is 11.3. The number of piperidine rings is 1. The second-order valence-electron chi connectivity index (χ2n) is 8.64. The SMILES string of the molecule is O=C(O[C@@H]1CCCN(Cc2ccccc2)C1)C1(c2ccccc2)OC2C=CCCC=C21. The van der Waals surface area contributed by atoms with Crippen molar-refractivity contribution in [2.24, 2.45) is 0 Å². The van der Waals surface area contributed by atoms with Crippen LogP contribution in [0.5, 0.6) is 0 Å². The van der Waals surface area contributed by atoms with Crippen molar-refractivity contribution in [2.45, 2.75) is 50.0 Å². The fourth-order valence-electron chi connectivity index (χ4n) is 4.94. The predicted molar refractivity (Wildman–Crippen MR) is 120 cm³/mol. The van der Waals surface area contributed by atoms with Crippen LogP contribution in [0.1, 0.15) is 36.8 Å². The Morgan fingerprint density at radius 3 is 2.65 bits per heavy atom. The fraction of sp³-hybridized carbons (Fsp3) is 0.370. The van der Waals surface area contributed by atoms with E-state index >= 15 is 0 Å². The maximum absolute atomic E-state index is 13.6. The molecule has 2 aromatic rings. The monoisotopic (exact) mass is 415 g/mol. The molecule has 0 saturated carbocycles. The molecule has 3 atom stereocenters. The van der Waals surface area contributed by atoms with Gasteiger partial charge in [-0.25, -0.2) is 4.79 Å². The van der Waals surface area contributed by atoms with E-state index in [1.807, 2.05) is 36.4 Å². The first kappa shape index (κ1) is 20.2. The van der Waals surface area contributed by atoms with Gasteiger partial charge in [0.15, 0.2) is 0 Å². The Morgan fingerprint density at radius 1 is 1.06 bits per heavy atom. The van der Waals surface area contributed by atoms with E-state index in [0.717, 1.165) is 56.5 Å². The number of carbonyl (C=O) groups excluding carboxylic acids is 1. The van der Waals surface area contributed by atoms with Gasteiger partial charge in [-0.05, 0) is 43.4 Å². The molecule has 0 radical (unpaired) electrons. The molecule has 0 bridgehead atoms. The van der Waals surface area contributed by atoms with Gasteiger partial charge in [0.05, 0.1) is 0 Å². The molecular formula is C27H29NO3. The molecule has 1 aliphatic carbocycles. The Balaban J connectivity index is 1.33. The quantitative estimate of drug-likeness (QED) is 0.521. The number of allylic oxidation sites excluding steroid dienone is 2. The van der Waals surface area contributed by atoms with E-state index in [0.29, 0.717) is 0 Å². The molecule has 0 aromatic heterocycles. The average Bonchev–Trinajstić information content (AvgIpc) is 2.98. The lowest BCUT2D eigenvalue weighted by molar-refractivity contribution is -0.199. The molecule has 31 heavy (non-hydrogen) atoms. The molecule has 3 aliphatic rings. The van der Waals surface area contributed by atoms with Crippen LogP contribution in [0, 0.1) is 0 Å². The number of likely N-dealkylation sites (tertiary alicyclic amines) is 1. The molecule has 2 heterocycles. The van der Waals surface area contributed by atoms with Crippen LogP contribution in [0.4, 0.5) is 0 Å². The summed E-state index contributed by atoms with van der Waals surface area (Å²) in [5, 5.41) is 0. The Hall–Kier alpha value is -2.69. The van der Waals surface area contributed by atoms with Crippen LogP contribution in [-0.4, -0.2) is 36.2 Å². The van der Waals surface area contributed by atoms with Gasteiger partial charge in [0.25, 0.3) is 0 Å². The fourth-order valence-corrected chi connectivity index (χ4v) is 4.94. The predicted octanol–water partition coefficient (Wildman–Crippen LogP) is 4.76. The zero-order valence-electron chi connectivity index (χ0n) is 17.8. The third-order valence-corrected chi connectivity index (χ3v) is 6.48. The highest BCUT2D eigenvalue weighted by molar-refractivity contribution is 5.88. The van der Waals surface area contributed by atoms with Gasteiger partial charge in [0.2, 0.25) is 5.60 Å². The van der Waals surface area contributed by atoms with Gasteiger partial charge in [0.1, 0.15) is 12.2 Å². The van der Waals surface area contributed by atoms with Crippen LogP contribution >= 0.6 is 0 Å². The molecule has 2 aromatic carbocycles. The maximum Gasteiger partial charge on any atom is 0.348 e. The average molecular weight is 416 g/mol. The zero-order valence-corrected chi connectivity index (χ0v) is 17.8. The van der Waals surface area contributed by atoms with Crippen molar-refractivity contribution in [3.63, 3.8) is 0 Å². The van der Waals surface area contributed by atoms with Gasteiger partial charge in [0, 0.05) is 18.7 Å². The van der Waals surface area contributed by atoms with Gasteiger partial charge in [-0.1, -0.05) is 78.9 Å². The van der Waals surface area contributed by atoms with Crippen LogP contribution in [0.3, 0.4) is 0 Å². The van der Waals surface area contributed by atoms with Gasteiger partial charge in [-0.15, -0.1) is 0 Å². The highest BCUT2D eigenvalue weighted by Crippen LogP contribution is 2.49. The van der Waals surface area contributed by atoms with Gasteiger partial charge in [-0.3, -0.25) is 4.90 Å². The van der Waals surface area contributed by atoms with Crippen molar-refractivity contribution < 1.29 is 14.3 Å². The minimum absolute atomic E-state index is 0.116. The highest BCUT2D eigenvalue weighted by atomic mass is 16.6. The second-order valence-corrected chi connectivity index (χ2v) is 8.64. The number of hydrogen-bond donors (Lipinski definition) is 0. The lowest BCUT2D eigenvalue weighted by atomic mass is 9.77. The number of rotatable bonds is 5. The van der Waals surface area contributed by atoms with Crippen LogP contribution in [0.2, 0.25) is 0 Å². The number of esters is 1. The van der Waals surface area contributed by atoms with E-state index in [4.69, 9.17) is 9.47 Å². The van der Waals surface area contributed by atoms with Crippen LogP contribution in [-0.2, 0) is 26.4 Å². The zero-order chi connectivity index (χ0) is 21.1. The number of carbonyl (C=O) groups is 1. The molecule has 2 saturated heterocycles. The lowest BCUT2D eigenvalue weighted by Crippen LogP contribution is -2.57. The molecule has 160 valence electrons. The molecule has 4 heteroatoms. The van der Waals surface area contributed by atoms with Crippen molar-refractivity contribution in [2.75, 3.05) is 13.1 Å². The smallest absolute Gasteiger partial charge is 0.348 e. The topological polar surface area (TPSA) is 38.8 Å². The third kappa shape index (κ3) is 3.98. The van der Waals surface area contributed by atoms with Crippen molar-refractivity contribution in [1.82, 2.24) is 4.90 Å². The van der Waals surface area contributed by atoms with Crippen LogP contribution in [0.15, 0.2) is 84.5 Å². The largest absolute Gasteiger partial charge is 0.458 e. The van der Waals surface area contributed by atoms with Crippen molar-refractivity contribution in [1.29, 1.82) is 0 Å². The molecule has 0 spiro atoms. The van der Waals surface area contributed by atoms with E-state index in [1.54, 1.807) is 0 Å².